The van der Waals surface area contributed by atoms with Crippen LogP contribution in [0, 0.1) is 0 Å². The molecular weight excluding hydrogens is 600 g/mol. The minimum absolute atomic E-state index is 0.0546. The third-order valence-corrected chi connectivity index (χ3v) is 6.62. The number of aromatic hydroxyl groups is 1. The summed E-state index contributed by atoms with van der Waals surface area (Å²) in [5.41, 5.74) is 2.93. The summed E-state index contributed by atoms with van der Waals surface area (Å²) in [6.07, 6.45) is 0. The van der Waals surface area contributed by atoms with Crippen LogP contribution >= 0.6 is 0 Å². The molecule has 5 rings (SSSR count). The Labute approximate surface area is 271 Å². The Hall–Kier alpha value is -6.42. The highest BCUT2D eigenvalue weighted by Gasteiger charge is 2.17. The molecule has 5 aromatic carbocycles. The molecule has 0 aliphatic carbocycles. The summed E-state index contributed by atoms with van der Waals surface area (Å²) in [7, 11) is 2.54. The highest BCUT2D eigenvalue weighted by molar-refractivity contribution is 6.09. The highest BCUT2D eigenvalue weighted by atomic mass is 16.5. The molecule has 10 heteroatoms. The molecule has 47 heavy (non-hydrogen) atoms. The van der Waals surface area contributed by atoms with E-state index in [1.54, 1.807) is 72.8 Å². The maximum atomic E-state index is 12.5. The molecule has 0 heterocycles. The van der Waals surface area contributed by atoms with Crippen LogP contribution in [0.3, 0.4) is 0 Å². The number of methoxy groups -OCH3 is 2. The summed E-state index contributed by atoms with van der Waals surface area (Å²) >= 11 is 0. The van der Waals surface area contributed by atoms with E-state index in [1.165, 1.54) is 32.4 Å². The van der Waals surface area contributed by atoms with Gasteiger partial charge in [0.25, 0.3) is 11.8 Å². The van der Waals surface area contributed by atoms with E-state index in [9.17, 15) is 24.3 Å². The lowest BCUT2D eigenvalue weighted by Gasteiger charge is -2.13. The zero-order valence-electron chi connectivity index (χ0n) is 25.6. The SMILES string of the molecule is COC(=O)c1ccc(O)cc1NC(=O)c1ccccc1.COC(=O)c1ccc(OCc2ccccc2)cc1NC(=O)c1ccccc1. The number of nitrogens with one attached hydrogen (secondary N) is 2. The third kappa shape index (κ3) is 9.53. The van der Waals surface area contributed by atoms with Gasteiger partial charge in [0.1, 0.15) is 18.1 Å². The lowest BCUT2D eigenvalue weighted by Crippen LogP contribution is -2.15. The standard InChI is InChI=1S/C22H19NO4.C15H13NO4/c1-26-22(25)19-13-12-18(27-15-16-8-4-2-5-9-16)14-20(19)23-21(24)17-10-6-3-7-11-17;1-20-15(19)12-8-7-11(17)9-13(12)16-14(18)10-5-3-2-4-6-10/h2-14H,15H2,1H3,(H,23,24);2-9,17H,1H3,(H,16,18). The van der Waals surface area contributed by atoms with Crippen LogP contribution in [-0.2, 0) is 16.1 Å². The number of amides is 2. The summed E-state index contributed by atoms with van der Waals surface area (Å²) in [5.74, 6) is -1.33. The van der Waals surface area contributed by atoms with Crippen molar-refractivity contribution < 1.29 is 38.5 Å². The molecule has 10 nitrogen and oxygen atoms in total. The van der Waals surface area contributed by atoms with Crippen LogP contribution in [0.15, 0.2) is 127 Å². The lowest BCUT2D eigenvalue weighted by atomic mass is 10.1. The first-order valence-electron chi connectivity index (χ1n) is 14.3. The van der Waals surface area contributed by atoms with Gasteiger partial charge in [0, 0.05) is 23.3 Å². The van der Waals surface area contributed by atoms with Crippen molar-refractivity contribution in [3.63, 3.8) is 0 Å². The molecule has 0 atom stereocenters. The van der Waals surface area contributed by atoms with Gasteiger partial charge in [-0.25, -0.2) is 9.59 Å². The topological polar surface area (TPSA) is 140 Å². The number of esters is 2. The predicted molar refractivity (Wildman–Crippen MR) is 177 cm³/mol. The molecule has 0 unspecified atom stereocenters. The second kappa shape index (κ2) is 16.6. The van der Waals surface area contributed by atoms with Crippen molar-refractivity contribution in [2.24, 2.45) is 0 Å². The third-order valence-electron chi connectivity index (χ3n) is 6.62. The normalized spacial score (nSPS) is 10.0. The summed E-state index contributed by atoms with van der Waals surface area (Å²) in [6, 6.07) is 36.0. The second-order valence-electron chi connectivity index (χ2n) is 9.84. The zero-order chi connectivity index (χ0) is 33.6. The fourth-order valence-corrected chi connectivity index (χ4v) is 4.24. The van der Waals surface area contributed by atoms with Crippen molar-refractivity contribution in [2.45, 2.75) is 6.61 Å². The summed E-state index contributed by atoms with van der Waals surface area (Å²) in [5, 5.41) is 14.8. The van der Waals surface area contributed by atoms with Crippen molar-refractivity contribution in [1.82, 2.24) is 0 Å². The number of phenols is 1. The number of carbonyl (C=O) groups excluding carboxylic acids is 4. The van der Waals surface area contributed by atoms with Gasteiger partial charge in [-0.1, -0.05) is 66.7 Å². The molecule has 2 amide bonds. The van der Waals surface area contributed by atoms with E-state index in [1.807, 2.05) is 36.4 Å². The van der Waals surface area contributed by atoms with Gasteiger partial charge in [0.05, 0.1) is 36.7 Å². The summed E-state index contributed by atoms with van der Waals surface area (Å²) in [4.78, 5) is 48.1. The Bertz CT molecular complexity index is 1830. The van der Waals surface area contributed by atoms with Crippen molar-refractivity contribution in [3.05, 3.63) is 155 Å². The lowest BCUT2D eigenvalue weighted by molar-refractivity contribution is 0.0592. The van der Waals surface area contributed by atoms with Gasteiger partial charge in [-0.2, -0.15) is 0 Å². The van der Waals surface area contributed by atoms with Gasteiger partial charge in [0.2, 0.25) is 0 Å². The molecule has 0 saturated carbocycles. The van der Waals surface area contributed by atoms with Crippen LogP contribution in [0.25, 0.3) is 0 Å². The van der Waals surface area contributed by atoms with Crippen molar-refractivity contribution in [2.75, 3.05) is 24.9 Å². The van der Waals surface area contributed by atoms with Crippen LogP contribution in [0.1, 0.15) is 47.0 Å². The summed E-state index contributed by atoms with van der Waals surface area (Å²) in [6.45, 7) is 0.379. The van der Waals surface area contributed by atoms with Gasteiger partial charge in [-0.05, 0) is 54.1 Å². The van der Waals surface area contributed by atoms with Gasteiger partial charge < -0.3 is 30.0 Å². The van der Waals surface area contributed by atoms with Crippen molar-refractivity contribution >= 4 is 35.1 Å². The number of carbonyl (C=O) groups is 4. The molecule has 0 saturated heterocycles. The van der Waals surface area contributed by atoms with Crippen LogP contribution in [-0.4, -0.2) is 43.1 Å². The summed E-state index contributed by atoms with van der Waals surface area (Å²) < 4.78 is 15.2. The molecule has 0 bridgehead atoms. The number of hydrogen-bond acceptors (Lipinski definition) is 8. The molecule has 238 valence electrons. The number of anilines is 2. The van der Waals surface area contributed by atoms with E-state index in [0.717, 1.165) is 5.56 Å². The average molecular weight is 633 g/mol. The van der Waals surface area contributed by atoms with Gasteiger partial charge in [-0.3, -0.25) is 9.59 Å². The van der Waals surface area contributed by atoms with E-state index in [4.69, 9.17) is 9.47 Å². The Morgan fingerprint density at radius 3 is 1.51 bits per heavy atom. The fourth-order valence-electron chi connectivity index (χ4n) is 4.24. The molecule has 5 aromatic rings. The van der Waals surface area contributed by atoms with Gasteiger partial charge in [-0.15, -0.1) is 0 Å². The van der Waals surface area contributed by atoms with Crippen molar-refractivity contribution in [3.8, 4) is 11.5 Å². The maximum Gasteiger partial charge on any atom is 0.339 e. The molecule has 0 aliphatic rings. The van der Waals surface area contributed by atoms with E-state index in [2.05, 4.69) is 15.4 Å². The Morgan fingerprint density at radius 2 is 1.02 bits per heavy atom. The number of ether oxygens (including phenoxy) is 3. The minimum atomic E-state index is -0.589. The monoisotopic (exact) mass is 632 g/mol. The van der Waals surface area contributed by atoms with E-state index in [0.29, 0.717) is 29.2 Å². The molecule has 0 aromatic heterocycles. The van der Waals surface area contributed by atoms with E-state index >= 15 is 0 Å². The quantitative estimate of drug-likeness (QED) is 0.152. The second-order valence-corrected chi connectivity index (χ2v) is 9.84. The average Bonchev–Trinajstić information content (AvgIpc) is 3.11. The number of hydrogen-bond donors (Lipinski definition) is 3. The molecular formula is C37H32N2O8. The van der Waals surface area contributed by atoms with E-state index < -0.39 is 11.9 Å². The first-order valence-corrected chi connectivity index (χ1v) is 14.3. The molecule has 0 radical (unpaired) electrons. The minimum Gasteiger partial charge on any atom is -0.508 e. The Kier molecular flexibility index (Phi) is 11.8. The van der Waals surface area contributed by atoms with Gasteiger partial charge in [0.15, 0.2) is 0 Å². The molecule has 0 aliphatic heterocycles. The van der Waals surface area contributed by atoms with Crippen LogP contribution in [0.2, 0.25) is 0 Å². The van der Waals surface area contributed by atoms with Crippen LogP contribution in [0.4, 0.5) is 11.4 Å². The van der Waals surface area contributed by atoms with Gasteiger partial charge >= 0.3 is 11.9 Å². The zero-order valence-corrected chi connectivity index (χ0v) is 25.6. The largest absolute Gasteiger partial charge is 0.508 e. The number of rotatable bonds is 9. The van der Waals surface area contributed by atoms with Crippen molar-refractivity contribution in [1.29, 1.82) is 0 Å². The van der Waals surface area contributed by atoms with Crippen LogP contribution in [0.5, 0.6) is 11.5 Å². The molecule has 0 fully saturated rings. The first-order chi connectivity index (χ1) is 22.8. The maximum absolute atomic E-state index is 12.5. The van der Waals surface area contributed by atoms with Crippen LogP contribution < -0.4 is 15.4 Å². The first kappa shape index (κ1) is 33.5. The smallest absolute Gasteiger partial charge is 0.339 e. The number of phenolic OH excluding ortho intramolecular Hbond substituents is 1. The molecule has 3 N–H and O–H groups in total. The Balaban J connectivity index is 0.000000223. The van der Waals surface area contributed by atoms with E-state index in [-0.39, 0.29) is 34.4 Å². The Morgan fingerprint density at radius 1 is 0.574 bits per heavy atom. The predicted octanol–water partition coefficient (Wildman–Crippen LogP) is 6.74. The number of benzene rings is 5. The highest BCUT2D eigenvalue weighted by Crippen LogP contribution is 2.26. The fraction of sp³-hybridized carbons (Fsp3) is 0.0811. The molecule has 0 spiro atoms.